The Morgan fingerprint density at radius 1 is 1.21 bits per heavy atom. The average Bonchev–Trinajstić information content (AvgIpc) is 3.15. The van der Waals surface area contributed by atoms with Crippen molar-refractivity contribution in [1.29, 1.82) is 0 Å². The molecule has 1 N–H and O–H groups in total. The molecular formula is C22H28N4O2S. The second-order valence-corrected chi connectivity index (χ2v) is 8.60. The van der Waals surface area contributed by atoms with Gasteiger partial charge >= 0.3 is 0 Å². The smallest absolute Gasteiger partial charge is 0.227 e. The molecule has 0 saturated carbocycles. The van der Waals surface area contributed by atoms with Gasteiger partial charge in [0.15, 0.2) is 5.78 Å². The zero-order valence-electron chi connectivity index (χ0n) is 17.1. The Morgan fingerprint density at radius 3 is 2.79 bits per heavy atom. The number of allylic oxidation sites excluding steroid dienone is 2. The number of nitrogens with zero attached hydrogens (tertiary/aromatic N) is 3. The number of fused-ring (bicyclic) bond motifs is 1. The van der Waals surface area contributed by atoms with Gasteiger partial charge in [-0.25, -0.2) is 4.68 Å². The second kappa shape index (κ2) is 9.03. The standard InChI is InChI=1S/C22H28N4O2S/c1-3-4-5-6-14-29-22-24-21-23-17-8-7-9-18(27)19(17)20(26(21)25-22)15-10-12-16(28-2)13-11-15/h10-13,20H,3-9,14H2,1-2H3,(H,23,24,25). The van der Waals surface area contributed by atoms with Gasteiger partial charge in [-0.2, -0.15) is 4.98 Å². The first-order valence-electron chi connectivity index (χ1n) is 10.5. The molecule has 154 valence electrons. The lowest BCUT2D eigenvalue weighted by molar-refractivity contribution is -0.116. The van der Waals surface area contributed by atoms with Crippen LogP contribution in [0, 0.1) is 0 Å². The minimum absolute atomic E-state index is 0.203. The fraction of sp³-hybridized carbons (Fsp3) is 0.500. The topological polar surface area (TPSA) is 69.0 Å². The molecule has 0 fully saturated rings. The van der Waals surface area contributed by atoms with E-state index in [2.05, 4.69) is 12.2 Å². The largest absolute Gasteiger partial charge is 0.497 e. The minimum Gasteiger partial charge on any atom is -0.497 e. The number of ether oxygens (including phenoxy) is 1. The maximum absolute atomic E-state index is 12.8. The number of methoxy groups -OCH3 is 1. The first kappa shape index (κ1) is 20.0. The molecule has 7 heteroatoms. The van der Waals surface area contributed by atoms with Gasteiger partial charge in [-0.1, -0.05) is 50.1 Å². The van der Waals surface area contributed by atoms with Crippen LogP contribution in [-0.4, -0.2) is 33.4 Å². The van der Waals surface area contributed by atoms with Crippen molar-refractivity contribution in [3.8, 4) is 5.75 Å². The molecule has 0 saturated heterocycles. The molecule has 0 radical (unpaired) electrons. The summed E-state index contributed by atoms with van der Waals surface area (Å²) in [5.41, 5.74) is 2.86. The lowest BCUT2D eigenvalue weighted by atomic mass is 9.85. The predicted molar refractivity (Wildman–Crippen MR) is 116 cm³/mol. The van der Waals surface area contributed by atoms with Crippen molar-refractivity contribution in [1.82, 2.24) is 14.8 Å². The molecule has 29 heavy (non-hydrogen) atoms. The Balaban J connectivity index is 1.64. The highest BCUT2D eigenvalue weighted by atomic mass is 32.2. The first-order chi connectivity index (χ1) is 14.2. The highest BCUT2D eigenvalue weighted by Gasteiger charge is 2.36. The highest BCUT2D eigenvalue weighted by molar-refractivity contribution is 7.99. The van der Waals surface area contributed by atoms with E-state index in [0.717, 1.165) is 52.3 Å². The van der Waals surface area contributed by atoms with Crippen LogP contribution in [0.2, 0.25) is 0 Å². The summed E-state index contributed by atoms with van der Waals surface area (Å²) in [7, 11) is 1.66. The van der Waals surface area contributed by atoms with E-state index < -0.39 is 0 Å². The van der Waals surface area contributed by atoms with Crippen LogP contribution >= 0.6 is 11.8 Å². The number of hydrogen-bond donors (Lipinski definition) is 1. The summed E-state index contributed by atoms with van der Waals surface area (Å²) in [6, 6.07) is 7.67. The number of hydrogen-bond acceptors (Lipinski definition) is 6. The molecule has 1 aliphatic heterocycles. The van der Waals surface area contributed by atoms with Gasteiger partial charge in [-0.05, 0) is 37.0 Å². The number of nitrogens with one attached hydrogen (secondary N) is 1. The fourth-order valence-electron chi connectivity index (χ4n) is 3.98. The van der Waals surface area contributed by atoms with Crippen LogP contribution in [0.3, 0.4) is 0 Å². The summed E-state index contributed by atoms with van der Waals surface area (Å²) in [5.74, 6) is 2.75. The summed E-state index contributed by atoms with van der Waals surface area (Å²) in [6.07, 6.45) is 7.27. The number of thioether (sulfide) groups is 1. The molecule has 2 aromatic rings. The van der Waals surface area contributed by atoms with Gasteiger partial charge in [-0.15, -0.1) is 5.10 Å². The lowest BCUT2D eigenvalue weighted by Gasteiger charge is -2.32. The fourth-order valence-corrected chi connectivity index (χ4v) is 4.81. The third kappa shape index (κ3) is 4.20. The van der Waals surface area contributed by atoms with Crippen molar-refractivity contribution >= 4 is 23.5 Å². The average molecular weight is 413 g/mol. The number of unbranched alkanes of at least 4 members (excludes halogenated alkanes) is 3. The van der Waals surface area contributed by atoms with E-state index in [9.17, 15) is 4.79 Å². The van der Waals surface area contributed by atoms with Crippen molar-refractivity contribution in [2.75, 3.05) is 18.2 Å². The molecule has 1 aromatic carbocycles. The molecule has 1 aliphatic carbocycles. The predicted octanol–water partition coefficient (Wildman–Crippen LogP) is 4.98. The van der Waals surface area contributed by atoms with Crippen molar-refractivity contribution < 1.29 is 9.53 Å². The monoisotopic (exact) mass is 412 g/mol. The Bertz CT molecular complexity index is 904. The van der Waals surface area contributed by atoms with Gasteiger partial charge in [0.2, 0.25) is 11.1 Å². The SMILES string of the molecule is CCCCCCSc1nc2n(n1)C(c1ccc(OC)cc1)C1=C(CCCC1=O)N2. The molecule has 0 bridgehead atoms. The number of anilines is 1. The number of carbonyl (C=O) groups is 1. The first-order valence-corrected chi connectivity index (χ1v) is 11.5. The number of benzene rings is 1. The highest BCUT2D eigenvalue weighted by Crippen LogP contribution is 2.40. The van der Waals surface area contributed by atoms with Gasteiger partial charge in [0, 0.05) is 23.4 Å². The Morgan fingerprint density at radius 2 is 2.03 bits per heavy atom. The van der Waals surface area contributed by atoms with Gasteiger partial charge in [0.1, 0.15) is 11.8 Å². The Kier molecular flexibility index (Phi) is 6.23. The number of rotatable bonds is 8. The van der Waals surface area contributed by atoms with Crippen LogP contribution in [-0.2, 0) is 4.79 Å². The molecule has 0 spiro atoms. The summed E-state index contributed by atoms with van der Waals surface area (Å²) < 4.78 is 7.19. The maximum Gasteiger partial charge on any atom is 0.227 e. The molecule has 0 amide bonds. The van der Waals surface area contributed by atoms with Gasteiger partial charge in [0.05, 0.1) is 7.11 Å². The second-order valence-electron chi connectivity index (χ2n) is 7.54. The summed E-state index contributed by atoms with van der Waals surface area (Å²) in [5, 5.41) is 8.95. The molecule has 1 unspecified atom stereocenters. The van der Waals surface area contributed by atoms with Crippen LogP contribution in [0.15, 0.2) is 40.7 Å². The van der Waals surface area contributed by atoms with Crippen LogP contribution < -0.4 is 10.1 Å². The molecule has 2 heterocycles. The van der Waals surface area contributed by atoms with Crippen LogP contribution in [0.4, 0.5) is 5.95 Å². The van der Waals surface area contributed by atoms with E-state index in [4.69, 9.17) is 14.8 Å². The van der Waals surface area contributed by atoms with Crippen molar-refractivity contribution in [2.45, 2.75) is 63.1 Å². The van der Waals surface area contributed by atoms with Crippen LogP contribution in [0.5, 0.6) is 5.75 Å². The van der Waals surface area contributed by atoms with E-state index in [1.807, 2.05) is 28.9 Å². The summed E-state index contributed by atoms with van der Waals surface area (Å²) in [6.45, 7) is 2.22. The van der Waals surface area contributed by atoms with E-state index in [1.165, 1.54) is 25.7 Å². The Hall–Kier alpha value is -2.28. The molecule has 4 rings (SSSR count). The summed E-state index contributed by atoms with van der Waals surface area (Å²) in [4.78, 5) is 17.6. The van der Waals surface area contributed by atoms with E-state index >= 15 is 0 Å². The molecular weight excluding hydrogens is 384 g/mol. The van der Waals surface area contributed by atoms with Gasteiger partial charge in [-0.3, -0.25) is 4.79 Å². The number of aromatic nitrogens is 3. The van der Waals surface area contributed by atoms with Gasteiger partial charge < -0.3 is 10.1 Å². The van der Waals surface area contributed by atoms with Crippen LogP contribution in [0.1, 0.15) is 63.5 Å². The molecule has 2 aliphatic rings. The third-order valence-corrected chi connectivity index (χ3v) is 6.43. The van der Waals surface area contributed by atoms with E-state index in [1.54, 1.807) is 18.9 Å². The van der Waals surface area contributed by atoms with Crippen molar-refractivity contribution in [3.63, 3.8) is 0 Å². The zero-order chi connectivity index (χ0) is 20.2. The molecule has 1 aromatic heterocycles. The third-order valence-electron chi connectivity index (χ3n) is 5.51. The molecule has 6 nitrogen and oxygen atoms in total. The minimum atomic E-state index is -0.234. The number of Topliss-reactive ketones (excluding diaryl/α,β-unsaturated/α-hetero) is 1. The van der Waals surface area contributed by atoms with Crippen molar-refractivity contribution in [2.24, 2.45) is 0 Å². The van der Waals surface area contributed by atoms with E-state index in [-0.39, 0.29) is 11.8 Å². The van der Waals surface area contributed by atoms with Crippen LogP contribution in [0.25, 0.3) is 0 Å². The Labute approximate surface area is 176 Å². The normalized spacial score (nSPS) is 18.3. The number of carbonyl (C=O) groups excluding carboxylic acids is 1. The lowest BCUT2D eigenvalue weighted by Crippen LogP contribution is -2.31. The number of ketones is 1. The quantitative estimate of drug-likeness (QED) is 0.487. The van der Waals surface area contributed by atoms with E-state index in [0.29, 0.717) is 6.42 Å². The van der Waals surface area contributed by atoms with Crippen molar-refractivity contribution in [3.05, 3.63) is 41.1 Å². The zero-order valence-corrected chi connectivity index (χ0v) is 17.9. The summed E-state index contributed by atoms with van der Waals surface area (Å²) >= 11 is 1.70. The maximum atomic E-state index is 12.8. The van der Waals surface area contributed by atoms with Gasteiger partial charge in [0.25, 0.3) is 0 Å². The molecule has 1 atom stereocenters.